The fraction of sp³-hybridized carbons (Fsp3) is 0.182. The van der Waals surface area contributed by atoms with Gasteiger partial charge in [0, 0.05) is 17.8 Å². The number of nitrogens with one attached hydrogen (secondary N) is 2. The molecule has 0 aliphatic rings. The number of aryl methyl sites for hydroxylation is 1. The van der Waals surface area contributed by atoms with Crippen LogP contribution in [0.3, 0.4) is 0 Å². The van der Waals surface area contributed by atoms with E-state index in [-0.39, 0.29) is 5.75 Å². The number of anilines is 1. The van der Waals surface area contributed by atoms with Gasteiger partial charge in [0.05, 0.1) is 5.75 Å². The van der Waals surface area contributed by atoms with Gasteiger partial charge in [-0.15, -0.1) is 16.8 Å². The Bertz CT molecular complexity index is 1060. The van der Waals surface area contributed by atoms with Crippen molar-refractivity contribution in [1.29, 1.82) is 0 Å². The molecule has 0 fully saturated rings. The summed E-state index contributed by atoms with van der Waals surface area (Å²) in [7, 11) is 0. The van der Waals surface area contributed by atoms with Gasteiger partial charge >= 0.3 is 6.03 Å². The van der Waals surface area contributed by atoms with Gasteiger partial charge in [-0.1, -0.05) is 60.3 Å². The molecule has 2 N–H and O–H groups in total. The molecule has 0 radical (unpaired) electrons. The van der Waals surface area contributed by atoms with Crippen LogP contribution in [0.15, 0.2) is 66.3 Å². The minimum absolute atomic E-state index is 0.0320. The number of carbonyl (C=O) groups excluding carboxylic acids is 2. The van der Waals surface area contributed by atoms with E-state index in [4.69, 9.17) is 0 Å². The number of nitrogens with zero attached hydrogens (tertiary/aromatic N) is 3. The zero-order chi connectivity index (χ0) is 21.5. The molecule has 0 atom stereocenters. The summed E-state index contributed by atoms with van der Waals surface area (Å²) < 4.78 is 1.89. The fourth-order valence-corrected chi connectivity index (χ4v) is 3.57. The number of benzene rings is 2. The van der Waals surface area contributed by atoms with E-state index in [2.05, 4.69) is 27.4 Å². The lowest BCUT2D eigenvalue weighted by Gasteiger charge is -2.11. The Morgan fingerprint density at radius 2 is 1.87 bits per heavy atom. The number of carbonyl (C=O) groups is 2. The van der Waals surface area contributed by atoms with Crippen molar-refractivity contribution in [2.75, 3.05) is 11.1 Å². The van der Waals surface area contributed by atoms with Gasteiger partial charge in [0.25, 0.3) is 0 Å². The van der Waals surface area contributed by atoms with E-state index in [0.29, 0.717) is 23.2 Å². The summed E-state index contributed by atoms with van der Waals surface area (Å²) in [4.78, 5) is 24.4. The van der Waals surface area contributed by atoms with Gasteiger partial charge in [0.15, 0.2) is 11.0 Å². The zero-order valence-corrected chi connectivity index (χ0v) is 17.7. The second-order valence-corrected chi connectivity index (χ2v) is 7.55. The monoisotopic (exact) mass is 421 g/mol. The predicted molar refractivity (Wildman–Crippen MR) is 119 cm³/mol. The average molecular weight is 422 g/mol. The number of allylic oxidation sites excluding steroid dienone is 1. The number of aromatic nitrogens is 3. The first kappa shape index (κ1) is 21.3. The Kier molecular flexibility index (Phi) is 7.03. The summed E-state index contributed by atoms with van der Waals surface area (Å²) in [5, 5.41) is 14.1. The van der Waals surface area contributed by atoms with Gasteiger partial charge in [0.1, 0.15) is 0 Å². The first-order valence-electron chi connectivity index (χ1n) is 9.39. The van der Waals surface area contributed by atoms with Crippen molar-refractivity contribution >= 4 is 29.4 Å². The van der Waals surface area contributed by atoms with Gasteiger partial charge in [-0.2, -0.15) is 0 Å². The van der Waals surface area contributed by atoms with Gasteiger partial charge < -0.3 is 5.32 Å². The molecule has 154 valence electrons. The van der Waals surface area contributed by atoms with E-state index in [1.807, 2.05) is 60.9 Å². The van der Waals surface area contributed by atoms with E-state index in [9.17, 15) is 9.59 Å². The maximum atomic E-state index is 12.2. The standard InChI is InChI=1S/C22H23N5O2S/c1-4-13-27-20(17-10-6-5-7-11-17)25-26-22(27)30-14-19(28)24-21(29)23-18-12-8-9-15(2)16(18)3/h4-12H,1,13-14H2,2-3H3,(H2,23,24,28,29). The fourth-order valence-electron chi connectivity index (χ4n) is 2.82. The summed E-state index contributed by atoms with van der Waals surface area (Å²) in [5.74, 6) is 0.313. The van der Waals surface area contributed by atoms with Crippen molar-refractivity contribution in [3.05, 3.63) is 72.3 Å². The quantitative estimate of drug-likeness (QED) is 0.441. The minimum atomic E-state index is -0.563. The summed E-state index contributed by atoms with van der Waals surface area (Å²) in [6, 6.07) is 14.7. The maximum absolute atomic E-state index is 12.2. The topological polar surface area (TPSA) is 88.9 Å². The van der Waals surface area contributed by atoms with Crippen LogP contribution in [0, 0.1) is 13.8 Å². The third kappa shape index (κ3) is 5.15. The van der Waals surface area contributed by atoms with Crippen LogP contribution in [-0.4, -0.2) is 32.5 Å². The third-order valence-corrected chi connectivity index (χ3v) is 5.47. The van der Waals surface area contributed by atoms with Gasteiger partial charge in [-0.25, -0.2) is 4.79 Å². The lowest BCUT2D eigenvalue weighted by Crippen LogP contribution is -2.35. The van der Waals surface area contributed by atoms with Gasteiger partial charge in [-0.3, -0.25) is 14.7 Å². The predicted octanol–water partition coefficient (Wildman–Crippen LogP) is 4.19. The molecule has 0 saturated carbocycles. The Morgan fingerprint density at radius 3 is 2.60 bits per heavy atom. The summed E-state index contributed by atoms with van der Waals surface area (Å²) >= 11 is 1.21. The number of hydrogen-bond acceptors (Lipinski definition) is 5. The lowest BCUT2D eigenvalue weighted by atomic mass is 10.1. The minimum Gasteiger partial charge on any atom is -0.307 e. The number of thioether (sulfide) groups is 1. The van der Waals surface area contributed by atoms with Crippen LogP contribution in [0.25, 0.3) is 11.4 Å². The van der Waals surface area contributed by atoms with Gasteiger partial charge in [0.2, 0.25) is 5.91 Å². The number of rotatable bonds is 7. The highest BCUT2D eigenvalue weighted by molar-refractivity contribution is 7.99. The molecule has 30 heavy (non-hydrogen) atoms. The van der Waals surface area contributed by atoms with E-state index in [1.54, 1.807) is 12.1 Å². The molecule has 0 aliphatic heterocycles. The SMILES string of the molecule is C=CCn1c(SCC(=O)NC(=O)Nc2cccc(C)c2C)nnc1-c1ccccc1. The molecular weight excluding hydrogens is 398 g/mol. The van der Waals surface area contributed by atoms with Crippen molar-refractivity contribution in [2.24, 2.45) is 0 Å². The largest absolute Gasteiger partial charge is 0.325 e. The van der Waals surface area contributed by atoms with Crippen LogP contribution < -0.4 is 10.6 Å². The summed E-state index contributed by atoms with van der Waals surface area (Å²) in [5.41, 5.74) is 3.62. The van der Waals surface area contributed by atoms with Crippen LogP contribution in [0.2, 0.25) is 0 Å². The Balaban J connectivity index is 1.62. The molecule has 0 bridgehead atoms. The Hall–Kier alpha value is -3.39. The van der Waals surface area contributed by atoms with Crippen molar-refractivity contribution < 1.29 is 9.59 Å². The van der Waals surface area contributed by atoms with Crippen molar-refractivity contribution in [1.82, 2.24) is 20.1 Å². The van der Waals surface area contributed by atoms with Crippen LogP contribution >= 0.6 is 11.8 Å². The first-order valence-corrected chi connectivity index (χ1v) is 10.4. The highest BCUT2D eigenvalue weighted by atomic mass is 32.2. The number of amides is 3. The lowest BCUT2D eigenvalue weighted by molar-refractivity contribution is -0.117. The van der Waals surface area contributed by atoms with E-state index >= 15 is 0 Å². The van der Waals surface area contributed by atoms with Crippen LogP contribution in [-0.2, 0) is 11.3 Å². The molecule has 0 spiro atoms. The molecule has 3 aromatic rings. The Morgan fingerprint density at radius 1 is 1.10 bits per heavy atom. The molecule has 3 amide bonds. The van der Waals surface area contributed by atoms with E-state index < -0.39 is 11.9 Å². The highest BCUT2D eigenvalue weighted by Gasteiger charge is 2.16. The molecular formula is C22H23N5O2S. The van der Waals surface area contributed by atoms with Gasteiger partial charge in [-0.05, 0) is 31.0 Å². The Labute approximate surface area is 179 Å². The van der Waals surface area contributed by atoms with E-state index in [1.165, 1.54) is 11.8 Å². The summed E-state index contributed by atoms with van der Waals surface area (Å²) in [6.45, 7) is 8.17. The van der Waals surface area contributed by atoms with Crippen molar-refractivity contribution in [3.63, 3.8) is 0 Å². The van der Waals surface area contributed by atoms with Crippen LogP contribution in [0.1, 0.15) is 11.1 Å². The molecule has 7 nitrogen and oxygen atoms in total. The second kappa shape index (κ2) is 9.89. The molecule has 3 rings (SSSR count). The average Bonchev–Trinajstić information content (AvgIpc) is 3.13. The van der Waals surface area contributed by atoms with Crippen LogP contribution in [0.5, 0.6) is 0 Å². The number of urea groups is 1. The normalized spacial score (nSPS) is 10.5. The van der Waals surface area contributed by atoms with E-state index in [0.717, 1.165) is 16.7 Å². The maximum Gasteiger partial charge on any atom is 0.325 e. The highest BCUT2D eigenvalue weighted by Crippen LogP contribution is 2.24. The third-order valence-electron chi connectivity index (χ3n) is 4.50. The number of imide groups is 1. The zero-order valence-electron chi connectivity index (χ0n) is 16.9. The smallest absolute Gasteiger partial charge is 0.307 e. The summed E-state index contributed by atoms with van der Waals surface area (Å²) in [6.07, 6.45) is 1.75. The molecule has 0 aliphatic carbocycles. The molecule has 2 aromatic carbocycles. The van der Waals surface area contributed by atoms with Crippen LogP contribution in [0.4, 0.5) is 10.5 Å². The van der Waals surface area contributed by atoms with Crippen molar-refractivity contribution in [3.8, 4) is 11.4 Å². The molecule has 1 aromatic heterocycles. The molecule has 8 heteroatoms. The van der Waals surface area contributed by atoms with Crippen molar-refractivity contribution in [2.45, 2.75) is 25.5 Å². The molecule has 0 saturated heterocycles. The molecule has 1 heterocycles. The first-order chi connectivity index (χ1) is 14.5. The second-order valence-electron chi connectivity index (χ2n) is 6.61. The molecule has 0 unspecified atom stereocenters. The number of hydrogen-bond donors (Lipinski definition) is 2.